The number of amides is 1. The Balaban J connectivity index is 2.27. The molecule has 0 radical (unpaired) electrons. The van der Waals surface area contributed by atoms with Gasteiger partial charge in [0.2, 0.25) is 0 Å². The third-order valence-corrected chi connectivity index (χ3v) is 4.01. The number of anilines is 2. The molecule has 1 amide bonds. The predicted molar refractivity (Wildman–Crippen MR) is 103 cm³/mol. The average Bonchev–Trinajstić information content (AvgIpc) is 2.59. The number of hydrogen-bond donors (Lipinski definition) is 1. The molecule has 4 nitrogen and oxygen atoms in total. The van der Waals surface area contributed by atoms with E-state index in [9.17, 15) is 10.1 Å². The van der Waals surface area contributed by atoms with Gasteiger partial charge in [-0.15, -0.1) is 0 Å². The van der Waals surface area contributed by atoms with E-state index in [4.69, 9.17) is 11.6 Å². The summed E-state index contributed by atoms with van der Waals surface area (Å²) in [5.41, 5.74) is 3.55. The Kier molecular flexibility index (Phi) is 6.21. The summed E-state index contributed by atoms with van der Waals surface area (Å²) >= 11 is 5.98. The lowest BCUT2D eigenvalue weighted by atomic mass is 10.2. The van der Waals surface area contributed by atoms with Crippen molar-refractivity contribution in [1.82, 2.24) is 0 Å². The van der Waals surface area contributed by atoms with Gasteiger partial charge in [-0.25, -0.2) is 0 Å². The van der Waals surface area contributed by atoms with Gasteiger partial charge in [-0.05, 0) is 56.2 Å². The van der Waals surface area contributed by atoms with E-state index in [-0.39, 0.29) is 5.57 Å². The zero-order chi connectivity index (χ0) is 18.4. The predicted octanol–water partition coefficient (Wildman–Crippen LogP) is 4.83. The van der Waals surface area contributed by atoms with Gasteiger partial charge in [0.15, 0.2) is 0 Å². The minimum Gasteiger partial charge on any atom is -0.347 e. The number of rotatable bonds is 5. The largest absolute Gasteiger partial charge is 0.347 e. The molecule has 0 aliphatic rings. The number of aryl methyl sites for hydroxylation is 2. The van der Waals surface area contributed by atoms with Crippen molar-refractivity contribution < 1.29 is 4.79 Å². The van der Waals surface area contributed by atoms with Gasteiger partial charge in [0.1, 0.15) is 11.6 Å². The molecule has 25 heavy (non-hydrogen) atoms. The zero-order valence-corrected chi connectivity index (χ0v) is 15.3. The highest BCUT2D eigenvalue weighted by molar-refractivity contribution is 6.31. The zero-order valence-electron chi connectivity index (χ0n) is 14.5. The van der Waals surface area contributed by atoms with Gasteiger partial charge in [-0.3, -0.25) is 4.79 Å². The number of carbonyl (C=O) groups is 1. The molecule has 128 valence electrons. The van der Waals surface area contributed by atoms with Crippen molar-refractivity contribution >= 4 is 28.9 Å². The van der Waals surface area contributed by atoms with Gasteiger partial charge < -0.3 is 10.2 Å². The molecular weight excluding hydrogens is 334 g/mol. The van der Waals surface area contributed by atoms with Crippen molar-refractivity contribution in [2.75, 3.05) is 16.8 Å². The molecule has 0 aromatic heterocycles. The summed E-state index contributed by atoms with van der Waals surface area (Å²) in [5.74, 6) is -0.459. The molecule has 0 spiro atoms. The molecule has 0 aliphatic heterocycles. The molecule has 0 atom stereocenters. The molecule has 0 heterocycles. The van der Waals surface area contributed by atoms with Crippen LogP contribution in [0.2, 0.25) is 5.02 Å². The number of nitrogens with zero attached hydrogens (tertiary/aromatic N) is 2. The van der Waals surface area contributed by atoms with Crippen molar-refractivity contribution in [3.63, 3.8) is 0 Å². The minimum atomic E-state index is -0.459. The standard InChI is InChI=1S/C20H20ClN3O/c1-4-24(18-7-5-6-14(2)10-18)13-16(12-22)20(25)23-19-11-17(21)9-8-15(19)3/h5-11,13H,4H2,1-3H3,(H,23,25)/b16-13-. The molecular formula is C20H20ClN3O. The van der Waals surface area contributed by atoms with Crippen molar-refractivity contribution in [1.29, 1.82) is 5.26 Å². The third-order valence-electron chi connectivity index (χ3n) is 3.77. The Morgan fingerprint density at radius 3 is 2.68 bits per heavy atom. The van der Waals surface area contributed by atoms with Gasteiger partial charge >= 0.3 is 0 Å². The van der Waals surface area contributed by atoms with E-state index in [1.807, 2.05) is 62.1 Å². The second kappa shape index (κ2) is 8.36. The summed E-state index contributed by atoms with van der Waals surface area (Å²) in [6, 6.07) is 15.1. The fourth-order valence-corrected chi connectivity index (χ4v) is 2.54. The summed E-state index contributed by atoms with van der Waals surface area (Å²) in [5, 5.41) is 12.7. The molecule has 1 N–H and O–H groups in total. The molecule has 2 aromatic carbocycles. The highest BCUT2D eigenvalue weighted by atomic mass is 35.5. The van der Waals surface area contributed by atoms with Gasteiger partial charge in [-0.1, -0.05) is 29.8 Å². The van der Waals surface area contributed by atoms with Gasteiger partial charge in [0.25, 0.3) is 5.91 Å². The first-order valence-electron chi connectivity index (χ1n) is 7.97. The van der Waals surface area contributed by atoms with Crippen molar-refractivity contribution in [2.45, 2.75) is 20.8 Å². The first-order chi connectivity index (χ1) is 11.9. The van der Waals surface area contributed by atoms with Crippen LogP contribution in [0.5, 0.6) is 0 Å². The lowest BCUT2D eigenvalue weighted by Gasteiger charge is -2.19. The number of carbonyl (C=O) groups excluding carboxylic acids is 1. The smallest absolute Gasteiger partial charge is 0.267 e. The van der Waals surface area contributed by atoms with E-state index in [1.165, 1.54) is 0 Å². The van der Waals surface area contributed by atoms with E-state index in [0.29, 0.717) is 17.3 Å². The second-order valence-corrected chi connectivity index (χ2v) is 6.13. The van der Waals surface area contributed by atoms with Crippen LogP contribution in [-0.2, 0) is 4.79 Å². The van der Waals surface area contributed by atoms with Crippen molar-refractivity contribution in [3.8, 4) is 6.07 Å². The molecule has 0 saturated carbocycles. The lowest BCUT2D eigenvalue weighted by Crippen LogP contribution is -2.21. The molecule has 0 bridgehead atoms. The van der Waals surface area contributed by atoms with E-state index in [2.05, 4.69) is 5.32 Å². The molecule has 0 fully saturated rings. The number of benzene rings is 2. The fraction of sp³-hybridized carbons (Fsp3) is 0.200. The summed E-state index contributed by atoms with van der Waals surface area (Å²) in [7, 11) is 0. The van der Waals surface area contributed by atoms with E-state index < -0.39 is 5.91 Å². The summed E-state index contributed by atoms with van der Waals surface area (Å²) in [6.07, 6.45) is 1.57. The minimum absolute atomic E-state index is 0.0303. The number of halogens is 1. The lowest BCUT2D eigenvalue weighted by molar-refractivity contribution is -0.112. The Hall–Kier alpha value is -2.77. The Morgan fingerprint density at radius 1 is 1.28 bits per heavy atom. The van der Waals surface area contributed by atoms with Crippen LogP contribution in [0.4, 0.5) is 11.4 Å². The van der Waals surface area contributed by atoms with E-state index in [1.54, 1.807) is 18.3 Å². The summed E-state index contributed by atoms with van der Waals surface area (Å²) in [6.45, 7) is 6.47. The summed E-state index contributed by atoms with van der Waals surface area (Å²) < 4.78 is 0. The number of hydrogen-bond acceptors (Lipinski definition) is 3. The fourth-order valence-electron chi connectivity index (χ4n) is 2.37. The van der Waals surface area contributed by atoms with Crippen LogP contribution in [-0.4, -0.2) is 12.5 Å². The van der Waals surface area contributed by atoms with Crippen LogP contribution >= 0.6 is 11.6 Å². The Morgan fingerprint density at radius 2 is 2.04 bits per heavy atom. The quantitative estimate of drug-likeness (QED) is 0.618. The van der Waals surface area contributed by atoms with Crippen LogP contribution in [0.25, 0.3) is 0 Å². The van der Waals surface area contributed by atoms with Crippen LogP contribution < -0.4 is 10.2 Å². The Bertz CT molecular complexity index is 852. The monoisotopic (exact) mass is 353 g/mol. The van der Waals surface area contributed by atoms with Gasteiger partial charge in [0.05, 0.1) is 0 Å². The SMILES string of the molecule is CCN(/C=C(/C#N)C(=O)Nc1cc(Cl)ccc1C)c1cccc(C)c1. The average molecular weight is 354 g/mol. The number of nitriles is 1. The molecule has 0 unspecified atom stereocenters. The first kappa shape index (κ1) is 18.6. The number of nitrogens with one attached hydrogen (secondary N) is 1. The Labute approximate surface area is 153 Å². The van der Waals surface area contributed by atoms with Crippen LogP contribution in [0.1, 0.15) is 18.1 Å². The van der Waals surface area contributed by atoms with E-state index >= 15 is 0 Å². The molecule has 2 rings (SSSR count). The van der Waals surface area contributed by atoms with Gasteiger partial charge in [-0.2, -0.15) is 5.26 Å². The topological polar surface area (TPSA) is 56.1 Å². The highest BCUT2D eigenvalue weighted by Gasteiger charge is 2.13. The second-order valence-electron chi connectivity index (χ2n) is 5.69. The maximum atomic E-state index is 12.5. The van der Waals surface area contributed by atoms with Crippen LogP contribution in [0, 0.1) is 25.2 Å². The normalized spacial score (nSPS) is 10.9. The first-order valence-corrected chi connectivity index (χ1v) is 8.35. The van der Waals surface area contributed by atoms with Crippen LogP contribution in [0.3, 0.4) is 0 Å². The maximum Gasteiger partial charge on any atom is 0.267 e. The van der Waals surface area contributed by atoms with Crippen molar-refractivity contribution in [3.05, 3.63) is 70.4 Å². The van der Waals surface area contributed by atoms with E-state index in [0.717, 1.165) is 16.8 Å². The molecule has 0 saturated heterocycles. The molecule has 0 aliphatic carbocycles. The van der Waals surface area contributed by atoms with Gasteiger partial charge in [0, 0.05) is 29.1 Å². The highest BCUT2D eigenvalue weighted by Crippen LogP contribution is 2.21. The third kappa shape index (κ3) is 4.85. The van der Waals surface area contributed by atoms with Crippen LogP contribution in [0.15, 0.2) is 54.2 Å². The van der Waals surface area contributed by atoms with Crippen molar-refractivity contribution in [2.24, 2.45) is 0 Å². The molecule has 5 heteroatoms. The maximum absolute atomic E-state index is 12.5. The molecule has 2 aromatic rings. The summed E-state index contributed by atoms with van der Waals surface area (Å²) in [4.78, 5) is 14.4.